The number of carboxylic acid groups (broad SMARTS) is 3. The highest BCUT2D eigenvalue weighted by atomic mass is 16.4. The van der Waals surface area contributed by atoms with E-state index >= 15 is 0 Å². The Hall–Kier alpha value is -1.59. The van der Waals surface area contributed by atoms with E-state index in [2.05, 4.69) is 6.92 Å². The average molecular weight is 248 g/mol. The summed E-state index contributed by atoms with van der Waals surface area (Å²) in [6.45, 7) is 4.06. The highest BCUT2D eigenvalue weighted by Crippen LogP contribution is 2.13. The fourth-order valence-corrected chi connectivity index (χ4v) is 1.14. The molecular weight excluding hydrogens is 228 g/mol. The Morgan fingerprint density at radius 2 is 1.41 bits per heavy atom. The number of hydrogen-bond acceptors (Lipinski definition) is 3. The van der Waals surface area contributed by atoms with Crippen LogP contribution in [0.5, 0.6) is 0 Å². The first-order valence-electron chi connectivity index (χ1n) is 5.55. The van der Waals surface area contributed by atoms with Gasteiger partial charge in [0.05, 0.1) is 5.92 Å². The largest absolute Gasteiger partial charge is 0.481 e. The van der Waals surface area contributed by atoms with Gasteiger partial charge in [-0.25, -0.2) is 9.59 Å². The molecule has 1 unspecified atom stereocenters. The quantitative estimate of drug-likeness (QED) is 0.488. The summed E-state index contributed by atoms with van der Waals surface area (Å²) in [7, 11) is 0. The van der Waals surface area contributed by atoms with Crippen LogP contribution in [0.25, 0.3) is 0 Å². The second-order valence-corrected chi connectivity index (χ2v) is 3.55. The summed E-state index contributed by atoms with van der Waals surface area (Å²) in [5, 5.41) is 23.5. The lowest BCUT2D eigenvalue weighted by molar-refractivity contribution is -0.159. The average Bonchev–Trinajstić information content (AvgIpc) is 2.24. The summed E-state index contributed by atoms with van der Waals surface area (Å²) in [5.41, 5.74) is 0. The minimum absolute atomic E-state index is 0.110. The first-order chi connectivity index (χ1) is 7.86. The zero-order valence-corrected chi connectivity index (χ0v) is 10.2. The van der Waals surface area contributed by atoms with Gasteiger partial charge in [-0.05, 0) is 12.8 Å². The molecule has 0 aliphatic heterocycles. The maximum atomic E-state index is 10.5. The van der Waals surface area contributed by atoms with Gasteiger partial charge in [-0.2, -0.15) is 0 Å². The molecule has 0 aliphatic carbocycles. The van der Waals surface area contributed by atoms with E-state index in [9.17, 15) is 4.79 Å². The number of rotatable bonds is 6. The minimum Gasteiger partial charge on any atom is -0.481 e. The molecule has 6 nitrogen and oxygen atoms in total. The van der Waals surface area contributed by atoms with E-state index in [0.29, 0.717) is 0 Å². The number of unbranched alkanes of at least 4 members (excludes halogenated alkanes) is 2. The van der Waals surface area contributed by atoms with Crippen LogP contribution in [0.15, 0.2) is 0 Å². The molecule has 17 heavy (non-hydrogen) atoms. The van der Waals surface area contributed by atoms with Crippen molar-refractivity contribution in [2.45, 2.75) is 46.0 Å². The molecule has 0 aliphatic rings. The Morgan fingerprint density at radius 1 is 0.941 bits per heavy atom. The summed E-state index contributed by atoms with van der Waals surface area (Å²) in [4.78, 5) is 28.7. The van der Waals surface area contributed by atoms with Gasteiger partial charge >= 0.3 is 17.9 Å². The van der Waals surface area contributed by atoms with E-state index < -0.39 is 17.9 Å². The molecule has 0 aromatic rings. The van der Waals surface area contributed by atoms with Crippen molar-refractivity contribution in [1.29, 1.82) is 0 Å². The smallest absolute Gasteiger partial charge is 0.414 e. The molecule has 0 fully saturated rings. The van der Waals surface area contributed by atoms with Crippen molar-refractivity contribution in [3.8, 4) is 0 Å². The van der Waals surface area contributed by atoms with Gasteiger partial charge in [0.2, 0.25) is 0 Å². The normalized spacial score (nSPS) is 10.9. The van der Waals surface area contributed by atoms with Crippen molar-refractivity contribution >= 4 is 17.9 Å². The molecular formula is C11H20O6. The fourth-order valence-electron chi connectivity index (χ4n) is 1.14. The topological polar surface area (TPSA) is 112 Å². The zero-order chi connectivity index (χ0) is 13.8. The van der Waals surface area contributed by atoms with Crippen molar-refractivity contribution in [1.82, 2.24) is 0 Å². The van der Waals surface area contributed by atoms with Crippen LogP contribution in [-0.2, 0) is 14.4 Å². The van der Waals surface area contributed by atoms with E-state index in [1.807, 2.05) is 6.92 Å². The fraction of sp³-hybridized carbons (Fsp3) is 0.727. The van der Waals surface area contributed by atoms with Crippen molar-refractivity contribution in [2.24, 2.45) is 5.92 Å². The van der Waals surface area contributed by atoms with Crippen LogP contribution in [0.1, 0.15) is 46.0 Å². The molecule has 1 atom stereocenters. The molecule has 0 saturated heterocycles. The van der Waals surface area contributed by atoms with Gasteiger partial charge in [-0.1, -0.05) is 33.1 Å². The number of carbonyl (C=O) groups is 3. The number of hydrogen-bond donors (Lipinski definition) is 3. The second-order valence-electron chi connectivity index (χ2n) is 3.55. The Balaban J connectivity index is 0. The number of carboxylic acids is 3. The molecule has 0 aromatic heterocycles. The summed E-state index contributed by atoms with van der Waals surface area (Å²) < 4.78 is 0. The monoisotopic (exact) mass is 248 g/mol. The van der Waals surface area contributed by atoms with Gasteiger partial charge in [-0.15, -0.1) is 0 Å². The van der Waals surface area contributed by atoms with Gasteiger partial charge in [-0.3, -0.25) is 4.79 Å². The van der Waals surface area contributed by atoms with Crippen LogP contribution in [0.3, 0.4) is 0 Å². The van der Waals surface area contributed by atoms with E-state index in [-0.39, 0.29) is 5.92 Å². The maximum absolute atomic E-state index is 10.5. The third-order valence-corrected chi connectivity index (χ3v) is 2.18. The maximum Gasteiger partial charge on any atom is 0.414 e. The van der Waals surface area contributed by atoms with Gasteiger partial charge in [0.1, 0.15) is 0 Å². The van der Waals surface area contributed by atoms with Gasteiger partial charge in [0.25, 0.3) is 0 Å². The number of aliphatic carboxylic acids is 3. The van der Waals surface area contributed by atoms with Crippen LogP contribution < -0.4 is 0 Å². The lowest BCUT2D eigenvalue weighted by Crippen LogP contribution is -2.12. The third kappa shape index (κ3) is 12.3. The highest BCUT2D eigenvalue weighted by molar-refractivity contribution is 6.27. The molecule has 0 heterocycles. The summed E-state index contributed by atoms with van der Waals surface area (Å²) in [6.07, 6.45) is 4.99. The molecule has 0 amide bonds. The first kappa shape index (κ1) is 17.8. The Kier molecular flexibility index (Phi) is 11.4. The molecule has 100 valence electrons. The zero-order valence-electron chi connectivity index (χ0n) is 10.2. The van der Waals surface area contributed by atoms with E-state index in [1.54, 1.807) is 0 Å². The summed E-state index contributed by atoms with van der Waals surface area (Å²) in [5.74, 6) is -4.39. The second kappa shape index (κ2) is 10.9. The van der Waals surface area contributed by atoms with Crippen LogP contribution >= 0.6 is 0 Å². The van der Waals surface area contributed by atoms with Crippen LogP contribution in [0, 0.1) is 5.92 Å². The van der Waals surface area contributed by atoms with Crippen LogP contribution in [-0.4, -0.2) is 33.2 Å². The third-order valence-electron chi connectivity index (χ3n) is 2.18. The molecule has 0 radical (unpaired) electrons. The van der Waals surface area contributed by atoms with Crippen molar-refractivity contribution in [3.63, 3.8) is 0 Å². The predicted molar refractivity (Wildman–Crippen MR) is 60.8 cm³/mol. The molecule has 0 spiro atoms. The van der Waals surface area contributed by atoms with E-state index in [4.69, 9.17) is 24.9 Å². The highest BCUT2D eigenvalue weighted by Gasteiger charge is 2.13. The lowest BCUT2D eigenvalue weighted by Gasteiger charge is -2.07. The SMILES string of the molecule is CCCCCC(CC)C(=O)O.O=C(O)C(=O)O. The van der Waals surface area contributed by atoms with Gasteiger partial charge in [0, 0.05) is 0 Å². The standard InChI is InChI=1S/C9H18O2.C2H2O4/c1-3-5-6-7-8(4-2)9(10)11;3-1(4)2(5)6/h8H,3-7H2,1-2H3,(H,10,11);(H,3,4)(H,5,6). The Bertz CT molecular complexity index is 236. The van der Waals surface area contributed by atoms with E-state index in [1.165, 1.54) is 0 Å². The van der Waals surface area contributed by atoms with Crippen molar-refractivity contribution < 1.29 is 29.7 Å². The van der Waals surface area contributed by atoms with Gasteiger partial charge in [0.15, 0.2) is 0 Å². The Morgan fingerprint density at radius 3 is 1.65 bits per heavy atom. The van der Waals surface area contributed by atoms with Gasteiger partial charge < -0.3 is 15.3 Å². The molecule has 0 aromatic carbocycles. The van der Waals surface area contributed by atoms with Crippen LogP contribution in [0.2, 0.25) is 0 Å². The summed E-state index contributed by atoms with van der Waals surface area (Å²) >= 11 is 0. The minimum atomic E-state index is -1.82. The van der Waals surface area contributed by atoms with E-state index in [0.717, 1.165) is 32.1 Å². The molecule has 0 saturated carbocycles. The Labute approximate surface area is 100 Å². The molecule has 6 heteroatoms. The van der Waals surface area contributed by atoms with Crippen LogP contribution in [0.4, 0.5) is 0 Å². The summed E-state index contributed by atoms with van der Waals surface area (Å²) in [6, 6.07) is 0. The molecule has 0 bridgehead atoms. The van der Waals surface area contributed by atoms with Crippen molar-refractivity contribution in [2.75, 3.05) is 0 Å². The first-order valence-corrected chi connectivity index (χ1v) is 5.55. The van der Waals surface area contributed by atoms with Crippen molar-refractivity contribution in [3.05, 3.63) is 0 Å². The molecule has 0 rings (SSSR count). The predicted octanol–water partition coefficient (Wildman–Crippen LogP) is 1.83. The lowest BCUT2D eigenvalue weighted by atomic mass is 9.99. The molecule has 3 N–H and O–H groups in total.